The molecule has 0 spiro atoms. The number of nitrogens with zero attached hydrogens (tertiary/aromatic N) is 4. The normalized spacial score (nSPS) is 14.2. The number of carbonyl (C=O) groups excluding carboxylic acids is 1. The minimum absolute atomic E-state index is 0.105. The fraction of sp³-hybridized carbons (Fsp3) is 0.350. The third-order valence-electron chi connectivity index (χ3n) is 5.04. The molecule has 1 aliphatic rings. The molecule has 1 aromatic carbocycles. The van der Waals surface area contributed by atoms with E-state index in [1.165, 1.54) is 18.5 Å². The minimum Gasteiger partial charge on any atom is -0.415 e. The van der Waals surface area contributed by atoms with Gasteiger partial charge in [-0.05, 0) is 36.5 Å². The summed E-state index contributed by atoms with van der Waals surface area (Å²) in [5.41, 5.74) is -0.244. The summed E-state index contributed by atoms with van der Waals surface area (Å²) in [6.07, 6.45) is -0.0729. The molecule has 0 bridgehead atoms. The number of aromatic nitrogens is 4. The first-order chi connectivity index (χ1) is 15.0. The van der Waals surface area contributed by atoms with Crippen molar-refractivity contribution in [3.05, 3.63) is 46.7 Å². The lowest BCUT2D eigenvalue weighted by molar-refractivity contribution is -0.141. The molecule has 170 valence electrons. The molecule has 0 amide bonds. The smallest absolute Gasteiger partial charge is 0.415 e. The maximum Gasteiger partial charge on any atom is 0.425 e. The summed E-state index contributed by atoms with van der Waals surface area (Å²) in [6.45, 7) is -3.48. The predicted molar refractivity (Wildman–Crippen MR) is 104 cm³/mol. The first kappa shape index (κ1) is 22.3. The van der Waals surface area contributed by atoms with Gasteiger partial charge in [0, 0.05) is 30.8 Å². The first-order valence-electron chi connectivity index (χ1n) is 9.51. The Kier molecular flexibility index (Phi) is 5.70. The predicted octanol–water partition coefficient (Wildman–Crippen LogP) is 5.53. The van der Waals surface area contributed by atoms with Gasteiger partial charge in [0.05, 0.1) is 11.2 Å². The zero-order chi connectivity index (χ0) is 23.2. The van der Waals surface area contributed by atoms with Crippen molar-refractivity contribution in [1.29, 1.82) is 0 Å². The van der Waals surface area contributed by atoms with Crippen molar-refractivity contribution in [2.24, 2.45) is 13.0 Å². The van der Waals surface area contributed by atoms with Gasteiger partial charge in [-0.2, -0.15) is 27.1 Å². The van der Waals surface area contributed by atoms with Crippen LogP contribution in [0.25, 0.3) is 16.9 Å². The minimum atomic E-state index is -5.03. The summed E-state index contributed by atoms with van der Waals surface area (Å²) in [5.74, 6) is -1.59. The highest BCUT2D eigenvalue weighted by Crippen LogP contribution is 2.41. The van der Waals surface area contributed by atoms with Crippen molar-refractivity contribution in [3.63, 3.8) is 0 Å². The molecule has 12 heteroatoms. The number of hydrogen-bond donors (Lipinski definition) is 0. The van der Waals surface area contributed by atoms with Gasteiger partial charge in [-0.25, -0.2) is 9.36 Å². The third kappa shape index (κ3) is 4.47. The van der Waals surface area contributed by atoms with Crippen molar-refractivity contribution >= 4 is 17.4 Å². The maximum atomic E-state index is 13.6. The molecule has 1 fully saturated rings. The fourth-order valence-corrected chi connectivity index (χ4v) is 3.59. The monoisotopic (exact) mass is 474 g/mol. The van der Waals surface area contributed by atoms with E-state index in [2.05, 4.69) is 14.9 Å². The zero-order valence-electron chi connectivity index (χ0n) is 16.5. The van der Waals surface area contributed by atoms with Gasteiger partial charge in [0.15, 0.2) is 17.2 Å². The summed E-state index contributed by atoms with van der Waals surface area (Å²) >= 11 is 6.17. The molecule has 0 atom stereocenters. The summed E-state index contributed by atoms with van der Waals surface area (Å²) in [7, 11) is 1.15. The standard InChI is InChI=1S/C20H16ClF5N4O2/c1-29-18(16(20(24,25)26)17(28-29)32-19(22)23)30-9-12(8-27-30)11-4-5-14(21)13(7-11)15(31)6-10-2-3-10/h4-5,7-10,19H,2-3,6H2,1H3. The Morgan fingerprint density at radius 1 is 1.28 bits per heavy atom. The number of carbonyl (C=O) groups is 1. The van der Waals surface area contributed by atoms with E-state index in [0.717, 1.165) is 29.3 Å². The summed E-state index contributed by atoms with van der Waals surface area (Å²) in [5, 5.41) is 7.65. The summed E-state index contributed by atoms with van der Waals surface area (Å²) < 4.78 is 71.6. The Morgan fingerprint density at radius 2 is 2.00 bits per heavy atom. The number of rotatable bonds is 7. The van der Waals surface area contributed by atoms with E-state index in [4.69, 9.17) is 11.6 Å². The van der Waals surface area contributed by atoms with Gasteiger partial charge >= 0.3 is 12.8 Å². The van der Waals surface area contributed by atoms with Crippen LogP contribution in [0.3, 0.4) is 0 Å². The molecular weight excluding hydrogens is 459 g/mol. The quantitative estimate of drug-likeness (QED) is 0.334. The van der Waals surface area contributed by atoms with Crippen LogP contribution < -0.4 is 4.74 Å². The molecule has 0 unspecified atom stereocenters. The largest absolute Gasteiger partial charge is 0.425 e. The lowest BCUT2D eigenvalue weighted by atomic mass is 10.0. The Morgan fingerprint density at radius 3 is 2.62 bits per heavy atom. The second-order valence-electron chi connectivity index (χ2n) is 7.44. The van der Waals surface area contributed by atoms with Gasteiger partial charge in [0.25, 0.3) is 5.88 Å². The Balaban J connectivity index is 1.72. The van der Waals surface area contributed by atoms with Gasteiger partial charge in [-0.3, -0.25) is 4.79 Å². The van der Waals surface area contributed by atoms with Crippen molar-refractivity contribution in [2.75, 3.05) is 0 Å². The Bertz CT molecular complexity index is 1170. The van der Waals surface area contributed by atoms with Gasteiger partial charge in [-0.15, -0.1) is 5.10 Å². The van der Waals surface area contributed by atoms with E-state index in [1.807, 2.05) is 0 Å². The van der Waals surface area contributed by atoms with E-state index in [0.29, 0.717) is 29.0 Å². The van der Waals surface area contributed by atoms with Crippen LogP contribution in [-0.4, -0.2) is 32.0 Å². The molecule has 0 saturated heterocycles. The van der Waals surface area contributed by atoms with Crippen molar-refractivity contribution in [1.82, 2.24) is 19.6 Å². The van der Waals surface area contributed by atoms with Crippen LogP contribution in [0.1, 0.15) is 35.2 Å². The molecule has 3 aromatic rings. The van der Waals surface area contributed by atoms with E-state index in [1.54, 1.807) is 12.1 Å². The van der Waals surface area contributed by atoms with Crippen LogP contribution >= 0.6 is 11.6 Å². The number of halogens is 6. The molecule has 4 rings (SSSR count). The fourth-order valence-electron chi connectivity index (χ4n) is 3.37. The molecule has 32 heavy (non-hydrogen) atoms. The number of ketones is 1. The molecule has 1 saturated carbocycles. The molecule has 2 aromatic heterocycles. The van der Waals surface area contributed by atoms with E-state index in [9.17, 15) is 26.7 Å². The van der Waals surface area contributed by atoms with Crippen LogP contribution in [0.2, 0.25) is 5.02 Å². The van der Waals surface area contributed by atoms with Crippen LogP contribution in [0.15, 0.2) is 30.6 Å². The van der Waals surface area contributed by atoms with Crippen molar-refractivity contribution in [3.8, 4) is 22.8 Å². The number of hydrogen-bond acceptors (Lipinski definition) is 4. The third-order valence-corrected chi connectivity index (χ3v) is 5.37. The first-order valence-corrected chi connectivity index (χ1v) is 9.89. The molecule has 6 nitrogen and oxygen atoms in total. The highest BCUT2D eigenvalue weighted by atomic mass is 35.5. The van der Waals surface area contributed by atoms with Gasteiger partial charge in [0.2, 0.25) is 0 Å². The number of alkyl halides is 5. The zero-order valence-corrected chi connectivity index (χ0v) is 17.3. The number of aryl methyl sites for hydroxylation is 1. The maximum absolute atomic E-state index is 13.6. The lowest BCUT2D eigenvalue weighted by Gasteiger charge is -2.10. The Hall–Kier alpha value is -2.95. The highest BCUT2D eigenvalue weighted by molar-refractivity contribution is 6.34. The van der Waals surface area contributed by atoms with Crippen LogP contribution in [0.5, 0.6) is 5.88 Å². The van der Waals surface area contributed by atoms with Crippen LogP contribution in [0.4, 0.5) is 22.0 Å². The van der Waals surface area contributed by atoms with Gasteiger partial charge in [-0.1, -0.05) is 17.7 Å². The topological polar surface area (TPSA) is 61.9 Å². The second-order valence-corrected chi connectivity index (χ2v) is 7.85. The molecule has 0 N–H and O–H groups in total. The average Bonchev–Trinajstić information content (AvgIpc) is 3.25. The van der Waals surface area contributed by atoms with E-state index < -0.39 is 30.0 Å². The highest BCUT2D eigenvalue weighted by Gasteiger charge is 2.42. The van der Waals surface area contributed by atoms with Gasteiger partial charge in [0.1, 0.15) is 0 Å². The van der Waals surface area contributed by atoms with Crippen LogP contribution in [-0.2, 0) is 13.2 Å². The second kappa shape index (κ2) is 8.19. The average molecular weight is 475 g/mol. The number of Topliss-reactive ketones (excluding diaryl/α,β-unsaturated/α-hetero) is 1. The SMILES string of the molecule is Cn1nc(OC(F)F)c(C(F)(F)F)c1-n1cc(-c2ccc(Cl)c(C(=O)CC3CC3)c2)cn1. The number of benzene rings is 1. The lowest BCUT2D eigenvalue weighted by Crippen LogP contribution is -2.14. The van der Waals surface area contributed by atoms with Crippen molar-refractivity contribution < 1.29 is 31.5 Å². The van der Waals surface area contributed by atoms with E-state index in [-0.39, 0.29) is 10.8 Å². The molecular formula is C20H16ClF5N4O2. The summed E-state index contributed by atoms with van der Waals surface area (Å²) in [6, 6.07) is 4.71. The molecule has 0 aliphatic heterocycles. The molecule has 0 radical (unpaired) electrons. The summed E-state index contributed by atoms with van der Waals surface area (Å²) in [4.78, 5) is 12.5. The number of ether oxygens (including phenoxy) is 1. The van der Waals surface area contributed by atoms with Gasteiger partial charge < -0.3 is 4.74 Å². The van der Waals surface area contributed by atoms with E-state index >= 15 is 0 Å². The molecule has 2 heterocycles. The van der Waals surface area contributed by atoms with Crippen LogP contribution in [0, 0.1) is 5.92 Å². The molecule has 1 aliphatic carbocycles. The Labute approximate surface area is 183 Å². The van der Waals surface area contributed by atoms with Crippen molar-refractivity contribution in [2.45, 2.75) is 32.1 Å².